The number of hydrogen-bond acceptors (Lipinski definition) is 2. The highest BCUT2D eigenvalue weighted by molar-refractivity contribution is 7.80. The van der Waals surface area contributed by atoms with Crippen molar-refractivity contribution < 1.29 is 4.74 Å². The number of benzene rings is 1. The molecule has 1 aromatic rings. The first-order chi connectivity index (χ1) is 8.04. The van der Waals surface area contributed by atoms with E-state index in [1.807, 2.05) is 19.1 Å². The van der Waals surface area contributed by atoms with Gasteiger partial charge in [-0.3, -0.25) is 0 Å². The monoisotopic (exact) mass is 252 g/mol. The number of methoxy groups -OCH3 is 1. The van der Waals surface area contributed by atoms with E-state index in [0.717, 1.165) is 5.69 Å². The lowest BCUT2D eigenvalue weighted by Gasteiger charge is -2.17. The molecule has 17 heavy (non-hydrogen) atoms. The zero-order chi connectivity index (χ0) is 12.8. The Morgan fingerprint density at radius 1 is 1.41 bits per heavy atom. The Labute approximate surface area is 109 Å². The van der Waals surface area contributed by atoms with Gasteiger partial charge in [-0.2, -0.15) is 0 Å². The highest BCUT2D eigenvalue weighted by Crippen LogP contribution is 2.17. The lowest BCUT2D eigenvalue weighted by atomic mass is 10.1. The van der Waals surface area contributed by atoms with Crippen molar-refractivity contribution in [2.75, 3.05) is 19.0 Å². The topological polar surface area (TPSA) is 33.3 Å². The van der Waals surface area contributed by atoms with E-state index in [0.29, 0.717) is 11.7 Å². The summed E-state index contributed by atoms with van der Waals surface area (Å²) in [5.74, 6) is 0. The van der Waals surface area contributed by atoms with Gasteiger partial charge in [0.1, 0.15) is 0 Å². The van der Waals surface area contributed by atoms with Crippen LogP contribution in [-0.2, 0) is 4.74 Å². The highest BCUT2D eigenvalue weighted by atomic mass is 32.1. The van der Waals surface area contributed by atoms with Gasteiger partial charge in [0.15, 0.2) is 5.11 Å². The Balaban J connectivity index is 2.59. The molecule has 0 aliphatic carbocycles. The maximum atomic E-state index is 5.25. The molecule has 0 fully saturated rings. The van der Waals surface area contributed by atoms with Gasteiger partial charge in [0.25, 0.3) is 0 Å². The molecule has 1 rings (SSSR count). The van der Waals surface area contributed by atoms with Crippen LogP contribution in [0.4, 0.5) is 5.69 Å². The molecule has 1 atom stereocenters. The molecule has 3 nitrogen and oxygen atoms in total. The molecule has 0 saturated heterocycles. The molecule has 0 radical (unpaired) electrons. The third-order valence-corrected chi connectivity index (χ3v) is 2.87. The summed E-state index contributed by atoms with van der Waals surface area (Å²) < 4.78 is 5.05. The van der Waals surface area contributed by atoms with Crippen LogP contribution in [0.25, 0.3) is 0 Å². The standard InChI is InChI=1S/C13H20N2OS/c1-9-6-5-7-12(11(9)3)15-13(17)14-10(2)8-16-4/h5-7,10H,8H2,1-4H3,(H2,14,15,17). The first-order valence-electron chi connectivity index (χ1n) is 5.67. The number of thiocarbonyl (C=S) groups is 1. The fourth-order valence-electron chi connectivity index (χ4n) is 1.56. The quantitative estimate of drug-likeness (QED) is 0.807. The number of hydrogen-bond donors (Lipinski definition) is 2. The molecular weight excluding hydrogens is 232 g/mol. The Bertz CT molecular complexity index is 393. The second kappa shape index (κ2) is 6.57. The Kier molecular flexibility index (Phi) is 5.38. The van der Waals surface area contributed by atoms with E-state index in [-0.39, 0.29) is 6.04 Å². The van der Waals surface area contributed by atoms with Gasteiger partial charge in [-0.1, -0.05) is 12.1 Å². The zero-order valence-corrected chi connectivity index (χ0v) is 11.6. The van der Waals surface area contributed by atoms with Crippen LogP contribution in [0.15, 0.2) is 18.2 Å². The maximum absolute atomic E-state index is 5.25. The Morgan fingerprint density at radius 2 is 2.12 bits per heavy atom. The van der Waals surface area contributed by atoms with Crippen LogP contribution < -0.4 is 10.6 Å². The lowest BCUT2D eigenvalue weighted by Crippen LogP contribution is -2.38. The van der Waals surface area contributed by atoms with E-state index in [4.69, 9.17) is 17.0 Å². The minimum atomic E-state index is 0.199. The highest BCUT2D eigenvalue weighted by Gasteiger charge is 2.05. The van der Waals surface area contributed by atoms with Crippen molar-refractivity contribution in [1.29, 1.82) is 0 Å². The third-order valence-electron chi connectivity index (χ3n) is 2.65. The molecule has 0 saturated carbocycles. The second-order valence-corrected chi connectivity index (χ2v) is 4.61. The summed E-state index contributed by atoms with van der Waals surface area (Å²) in [6.07, 6.45) is 0. The minimum absolute atomic E-state index is 0.199. The van der Waals surface area contributed by atoms with E-state index in [9.17, 15) is 0 Å². The number of nitrogens with one attached hydrogen (secondary N) is 2. The maximum Gasteiger partial charge on any atom is 0.171 e. The first-order valence-corrected chi connectivity index (χ1v) is 6.08. The summed E-state index contributed by atoms with van der Waals surface area (Å²) in [5.41, 5.74) is 3.52. The van der Waals surface area contributed by atoms with Gasteiger partial charge in [-0.05, 0) is 50.2 Å². The average Bonchev–Trinajstić information content (AvgIpc) is 2.25. The summed E-state index contributed by atoms with van der Waals surface area (Å²) >= 11 is 5.25. The SMILES string of the molecule is COCC(C)NC(=S)Nc1cccc(C)c1C. The van der Waals surface area contributed by atoms with Gasteiger partial charge in [-0.15, -0.1) is 0 Å². The smallest absolute Gasteiger partial charge is 0.171 e. The zero-order valence-electron chi connectivity index (χ0n) is 10.8. The number of rotatable bonds is 4. The van der Waals surface area contributed by atoms with Crippen LogP contribution in [0.3, 0.4) is 0 Å². The lowest BCUT2D eigenvalue weighted by molar-refractivity contribution is 0.179. The van der Waals surface area contributed by atoms with Gasteiger partial charge < -0.3 is 15.4 Å². The third kappa shape index (κ3) is 4.32. The summed E-state index contributed by atoms with van der Waals surface area (Å²) in [4.78, 5) is 0. The van der Waals surface area contributed by atoms with E-state index in [1.54, 1.807) is 7.11 Å². The molecule has 0 heterocycles. The molecule has 0 amide bonds. The molecule has 0 bridgehead atoms. The van der Waals surface area contributed by atoms with Crippen LogP contribution in [0.2, 0.25) is 0 Å². The van der Waals surface area contributed by atoms with Crippen LogP contribution in [-0.4, -0.2) is 24.9 Å². The summed E-state index contributed by atoms with van der Waals surface area (Å²) in [5, 5.41) is 7.00. The van der Waals surface area contributed by atoms with Crippen molar-refractivity contribution in [3.63, 3.8) is 0 Å². The van der Waals surface area contributed by atoms with Crippen LogP contribution in [0, 0.1) is 13.8 Å². The predicted molar refractivity (Wildman–Crippen MR) is 76.6 cm³/mol. The van der Waals surface area contributed by atoms with Crippen LogP contribution in [0.1, 0.15) is 18.1 Å². The molecule has 94 valence electrons. The molecule has 0 spiro atoms. The van der Waals surface area contributed by atoms with Crippen molar-refractivity contribution in [2.24, 2.45) is 0 Å². The van der Waals surface area contributed by atoms with Gasteiger partial charge in [0.05, 0.1) is 6.61 Å². The fraction of sp³-hybridized carbons (Fsp3) is 0.462. The molecule has 0 aromatic heterocycles. The van der Waals surface area contributed by atoms with Crippen molar-refractivity contribution >= 4 is 23.0 Å². The second-order valence-electron chi connectivity index (χ2n) is 4.20. The molecule has 1 unspecified atom stereocenters. The Hall–Kier alpha value is -1.13. The number of anilines is 1. The van der Waals surface area contributed by atoms with Gasteiger partial charge in [0.2, 0.25) is 0 Å². The Morgan fingerprint density at radius 3 is 2.76 bits per heavy atom. The fourth-order valence-corrected chi connectivity index (χ4v) is 1.87. The van der Waals surface area contributed by atoms with Gasteiger partial charge >= 0.3 is 0 Å². The molecule has 1 aromatic carbocycles. The first kappa shape index (κ1) is 13.9. The summed E-state index contributed by atoms with van der Waals surface area (Å²) in [7, 11) is 1.68. The van der Waals surface area contributed by atoms with Gasteiger partial charge in [-0.25, -0.2) is 0 Å². The number of ether oxygens (including phenoxy) is 1. The summed E-state index contributed by atoms with van der Waals surface area (Å²) in [6.45, 7) is 6.83. The molecular formula is C13H20N2OS. The van der Waals surface area contributed by atoms with Crippen molar-refractivity contribution in [1.82, 2.24) is 5.32 Å². The average molecular weight is 252 g/mol. The van der Waals surface area contributed by atoms with E-state index >= 15 is 0 Å². The minimum Gasteiger partial charge on any atom is -0.383 e. The normalized spacial score (nSPS) is 12.0. The molecule has 0 aliphatic heterocycles. The van der Waals surface area contributed by atoms with Gasteiger partial charge in [0, 0.05) is 18.8 Å². The number of aryl methyl sites for hydroxylation is 1. The molecule has 4 heteroatoms. The van der Waals surface area contributed by atoms with Crippen LogP contribution >= 0.6 is 12.2 Å². The van der Waals surface area contributed by atoms with Crippen molar-refractivity contribution in [3.8, 4) is 0 Å². The summed E-state index contributed by atoms with van der Waals surface area (Å²) in [6, 6.07) is 6.33. The largest absolute Gasteiger partial charge is 0.383 e. The van der Waals surface area contributed by atoms with Crippen molar-refractivity contribution in [2.45, 2.75) is 26.8 Å². The van der Waals surface area contributed by atoms with E-state index < -0.39 is 0 Å². The van der Waals surface area contributed by atoms with Crippen LogP contribution in [0.5, 0.6) is 0 Å². The molecule has 2 N–H and O–H groups in total. The molecule has 0 aliphatic rings. The predicted octanol–water partition coefficient (Wildman–Crippen LogP) is 2.62. The van der Waals surface area contributed by atoms with E-state index in [1.165, 1.54) is 11.1 Å². The van der Waals surface area contributed by atoms with E-state index in [2.05, 4.69) is 30.5 Å². The van der Waals surface area contributed by atoms with Crippen molar-refractivity contribution in [3.05, 3.63) is 29.3 Å².